The largest absolute Gasteiger partial charge is 0.385 e. The summed E-state index contributed by atoms with van der Waals surface area (Å²) < 4.78 is 4.92. The third kappa shape index (κ3) is 2.67. The van der Waals surface area contributed by atoms with Gasteiger partial charge in [-0.1, -0.05) is 0 Å². The predicted molar refractivity (Wildman–Crippen MR) is 63.3 cm³/mol. The highest BCUT2D eigenvalue weighted by Gasteiger charge is 2.40. The maximum Gasteiger partial charge on any atom is 0.256 e. The van der Waals surface area contributed by atoms with Crippen LogP contribution in [0, 0.1) is 5.41 Å². The first-order chi connectivity index (χ1) is 8.46. The maximum absolute atomic E-state index is 11.6. The van der Waals surface area contributed by atoms with E-state index in [1.807, 2.05) is 0 Å². The summed E-state index contributed by atoms with van der Waals surface area (Å²) >= 11 is 0. The van der Waals surface area contributed by atoms with E-state index in [9.17, 15) is 14.4 Å². The van der Waals surface area contributed by atoms with Crippen molar-refractivity contribution in [2.75, 3.05) is 27.3 Å². The summed E-state index contributed by atoms with van der Waals surface area (Å²) in [6, 6.07) is 0. The Morgan fingerprint density at radius 3 is 2.78 bits per heavy atom. The molecule has 0 aromatic carbocycles. The van der Waals surface area contributed by atoms with Crippen LogP contribution in [0.15, 0.2) is 11.6 Å². The molecule has 0 saturated carbocycles. The molecule has 1 rings (SSSR count). The van der Waals surface area contributed by atoms with E-state index in [0.717, 1.165) is 0 Å². The number of nitrogens with two attached hydrogens (primary N) is 1. The second-order valence-electron chi connectivity index (χ2n) is 4.08. The molecule has 7 nitrogen and oxygen atoms in total. The lowest BCUT2D eigenvalue weighted by atomic mass is 9.79. The van der Waals surface area contributed by atoms with Gasteiger partial charge in [-0.2, -0.15) is 0 Å². The molecule has 1 aliphatic rings. The Hall–Kier alpha value is -1.89. The van der Waals surface area contributed by atoms with Gasteiger partial charge in [0.1, 0.15) is 5.57 Å². The van der Waals surface area contributed by atoms with Crippen molar-refractivity contribution in [3.05, 3.63) is 11.6 Å². The van der Waals surface area contributed by atoms with E-state index in [1.165, 1.54) is 20.2 Å². The highest BCUT2D eigenvalue weighted by molar-refractivity contribution is 6.19. The van der Waals surface area contributed by atoms with Gasteiger partial charge in [0.15, 0.2) is 0 Å². The van der Waals surface area contributed by atoms with Gasteiger partial charge in [-0.25, -0.2) is 0 Å². The molecule has 0 saturated heterocycles. The minimum atomic E-state index is -1.08. The van der Waals surface area contributed by atoms with Gasteiger partial charge in [0.25, 0.3) is 11.8 Å². The van der Waals surface area contributed by atoms with Crippen molar-refractivity contribution in [3.8, 4) is 0 Å². The fourth-order valence-electron chi connectivity index (χ4n) is 1.76. The number of amides is 3. The van der Waals surface area contributed by atoms with Crippen LogP contribution in [0.1, 0.15) is 6.42 Å². The smallest absolute Gasteiger partial charge is 0.256 e. The lowest BCUT2D eigenvalue weighted by molar-refractivity contribution is -0.128. The summed E-state index contributed by atoms with van der Waals surface area (Å²) in [5.74, 6) is -1.65. The molecule has 18 heavy (non-hydrogen) atoms. The van der Waals surface area contributed by atoms with Crippen molar-refractivity contribution < 1.29 is 19.1 Å². The first-order valence-corrected chi connectivity index (χ1v) is 5.49. The number of nitrogens with one attached hydrogen (secondary N) is 2. The van der Waals surface area contributed by atoms with Crippen molar-refractivity contribution in [2.45, 2.75) is 6.42 Å². The molecule has 0 aliphatic carbocycles. The molecule has 7 heteroatoms. The predicted octanol–water partition coefficient (Wildman–Crippen LogP) is -1.70. The van der Waals surface area contributed by atoms with Gasteiger partial charge in [0.05, 0.1) is 5.41 Å². The number of likely N-dealkylation sites (N-methyl/N-ethyl adjacent to an activating group) is 1. The van der Waals surface area contributed by atoms with E-state index in [0.29, 0.717) is 13.0 Å². The monoisotopic (exact) mass is 255 g/mol. The first-order valence-electron chi connectivity index (χ1n) is 5.49. The zero-order valence-corrected chi connectivity index (χ0v) is 10.4. The van der Waals surface area contributed by atoms with Gasteiger partial charge >= 0.3 is 0 Å². The topological polar surface area (TPSA) is 111 Å². The molecule has 0 fully saturated rings. The Kier molecular flexibility index (Phi) is 4.43. The van der Waals surface area contributed by atoms with Gasteiger partial charge in [-0.3, -0.25) is 14.4 Å². The minimum Gasteiger partial charge on any atom is -0.385 e. The van der Waals surface area contributed by atoms with Gasteiger partial charge in [-0.05, 0) is 12.5 Å². The number of carbonyl (C=O) groups excluding carboxylic acids is 3. The number of primary amides is 1. The molecule has 100 valence electrons. The van der Waals surface area contributed by atoms with Crippen molar-refractivity contribution in [1.82, 2.24) is 10.6 Å². The highest BCUT2D eigenvalue weighted by atomic mass is 16.5. The third-order valence-corrected chi connectivity index (χ3v) is 2.94. The van der Waals surface area contributed by atoms with Crippen LogP contribution < -0.4 is 16.4 Å². The van der Waals surface area contributed by atoms with Crippen LogP contribution in [-0.4, -0.2) is 45.0 Å². The van der Waals surface area contributed by atoms with E-state index in [-0.39, 0.29) is 12.1 Å². The van der Waals surface area contributed by atoms with Crippen LogP contribution in [0.25, 0.3) is 0 Å². The molecule has 0 radical (unpaired) electrons. The molecule has 1 aliphatic heterocycles. The van der Waals surface area contributed by atoms with Gasteiger partial charge in [-0.15, -0.1) is 0 Å². The summed E-state index contributed by atoms with van der Waals surface area (Å²) in [6.45, 7) is 0.376. The zero-order chi connectivity index (χ0) is 13.8. The fraction of sp³-hybridized carbons (Fsp3) is 0.545. The molecular formula is C11H17N3O4. The van der Waals surface area contributed by atoms with Gasteiger partial charge in [0, 0.05) is 27.3 Å². The number of hydrogen-bond acceptors (Lipinski definition) is 4. The Morgan fingerprint density at radius 2 is 2.28 bits per heavy atom. The molecular weight excluding hydrogens is 238 g/mol. The molecule has 1 unspecified atom stereocenters. The normalized spacial score (nSPS) is 23.0. The number of rotatable bonds is 5. The second-order valence-corrected chi connectivity index (χ2v) is 4.08. The quantitative estimate of drug-likeness (QED) is 0.508. The molecule has 1 heterocycles. The number of carbonyl (C=O) groups is 3. The average molecular weight is 255 g/mol. The van der Waals surface area contributed by atoms with Crippen molar-refractivity contribution in [3.63, 3.8) is 0 Å². The second kappa shape index (κ2) is 5.63. The summed E-state index contributed by atoms with van der Waals surface area (Å²) in [7, 11) is 2.91. The molecule has 3 amide bonds. The van der Waals surface area contributed by atoms with Gasteiger partial charge < -0.3 is 21.1 Å². The SMILES string of the molecule is CNC(=O)C1=CC(CCOC)(C(N)=O)CNC1=O. The molecule has 0 spiro atoms. The van der Waals surface area contributed by atoms with Gasteiger partial charge in [0.2, 0.25) is 5.91 Å². The average Bonchev–Trinajstić information content (AvgIpc) is 2.37. The molecule has 1 atom stereocenters. The Labute approximate surface area is 105 Å². The lowest BCUT2D eigenvalue weighted by Gasteiger charge is -2.31. The van der Waals surface area contributed by atoms with E-state index in [2.05, 4.69) is 10.6 Å². The third-order valence-electron chi connectivity index (χ3n) is 2.94. The molecule has 0 aromatic heterocycles. The number of ether oxygens (including phenoxy) is 1. The lowest BCUT2D eigenvalue weighted by Crippen LogP contribution is -2.51. The Balaban J connectivity index is 3.12. The van der Waals surface area contributed by atoms with Crippen LogP contribution in [-0.2, 0) is 19.1 Å². The van der Waals surface area contributed by atoms with Crippen LogP contribution in [0.3, 0.4) is 0 Å². The van der Waals surface area contributed by atoms with Crippen LogP contribution >= 0.6 is 0 Å². The summed E-state index contributed by atoms with van der Waals surface area (Å²) in [5, 5.41) is 4.85. The number of methoxy groups -OCH3 is 1. The summed E-state index contributed by atoms with van der Waals surface area (Å²) in [6.07, 6.45) is 1.64. The van der Waals surface area contributed by atoms with Crippen LogP contribution in [0.2, 0.25) is 0 Å². The van der Waals surface area contributed by atoms with Crippen LogP contribution in [0.4, 0.5) is 0 Å². The molecule has 4 N–H and O–H groups in total. The zero-order valence-electron chi connectivity index (χ0n) is 10.4. The van der Waals surface area contributed by atoms with E-state index in [4.69, 9.17) is 10.5 Å². The minimum absolute atomic E-state index is 0.0744. The summed E-state index contributed by atoms with van der Waals surface area (Å²) in [4.78, 5) is 34.7. The molecule has 0 bridgehead atoms. The highest BCUT2D eigenvalue weighted by Crippen LogP contribution is 2.28. The van der Waals surface area contributed by atoms with Crippen molar-refractivity contribution in [1.29, 1.82) is 0 Å². The van der Waals surface area contributed by atoms with E-state index in [1.54, 1.807) is 0 Å². The Morgan fingerprint density at radius 1 is 1.61 bits per heavy atom. The van der Waals surface area contributed by atoms with E-state index < -0.39 is 23.1 Å². The Bertz CT molecular complexity index is 405. The first kappa shape index (κ1) is 14.2. The molecule has 0 aromatic rings. The van der Waals surface area contributed by atoms with Crippen molar-refractivity contribution in [2.24, 2.45) is 11.1 Å². The van der Waals surface area contributed by atoms with Crippen molar-refractivity contribution >= 4 is 17.7 Å². The number of hydrogen-bond donors (Lipinski definition) is 3. The fourth-order valence-corrected chi connectivity index (χ4v) is 1.76. The van der Waals surface area contributed by atoms with Crippen LogP contribution in [0.5, 0.6) is 0 Å². The van der Waals surface area contributed by atoms with E-state index >= 15 is 0 Å². The summed E-state index contributed by atoms with van der Waals surface area (Å²) in [5.41, 5.74) is 4.19. The maximum atomic E-state index is 11.6. The standard InChI is InChI=1S/C11H17N3O4/c1-13-8(15)7-5-11(10(12)17,3-4-18-2)6-14-9(7)16/h5H,3-4,6H2,1-2H3,(H2,12,17)(H,13,15)(H,14,16).